The maximum Gasteiger partial charge on any atom is 0.573 e. The summed E-state index contributed by atoms with van der Waals surface area (Å²) in [7, 11) is 0. The van der Waals surface area contributed by atoms with Crippen molar-refractivity contribution < 1.29 is 32.6 Å². The minimum atomic E-state index is -4.81. The quantitative estimate of drug-likeness (QED) is 0.785. The first-order valence-corrected chi connectivity index (χ1v) is 7.67. The Bertz CT molecular complexity index is 773. The molecule has 2 rings (SSSR count). The maximum atomic E-state index is 12.4. The van der Waals surface area contributed by atoms with Gasteiger partial charge in [0.1, 0.15) is 5.75 Å². The van der Waals surface area contributed by atoms with Gasteiger partial charge in [-0.05, 0) is 30.2 Å². The summed E-state index contributed by atoms with van der Waals surface area (Å²) in [5.74, 6) is -1.74. The van der Waals surface area contributed by atoms with Gasteiger partial charge in [0.15, 0.2) is 0 Å². The Morgan fingerprint density at radius 3 is 2.31 bits per heavy atom. The predicted octanol–water partition coefficient (Wildman–Crippen LogP) is 3.53. The number of halogens is 3. The first kappa shape index (κ1) is 19.3. The molecule has 0 radical (unpaired) electrons. The van der Waals surface area contributed by atoms with Crippen molar-refractivity contribution in [3.8, 4) is 5.75 Å². The first-order chi connectivity index (χ1) is 12.2. The predicted molar refractivity (Wildman–Crippen MR) is 86.7 cm³/mol. The molecule has 0 fully saturated rings. The number of hydrogen-bond donors (Lipinski definition) is 2. The smallest absolute Gasteiger partial charge is 0.481 e. The molecule has 0 aliphatic carbocycles. The minimum absolute atomic E-state index is 0.0124. The van der Waals surface area contributed by atoms with Gasteiger partial charge in [0.2, 0.25) is 0 Å². The average Bonchev–Trinajstić information content (AvgIpc) is 2.58. The fourth-order valence-electron chi connectivity index (χ4n) is 2.23. The van der Waals surface area contributed by atoms with Gasteiger partial charge in [-0.15, -0.1) is 13.2 Å². The van der Waals surface area contributed by atoms with Crippen molar-refractivity contribution in [1.82, 2.24) is 5.32 Å². The van der Waals surface area contributed by atoms with Crippen LogP contribution in [0.1, 0.15) is 27.9 Å². The van der Waals surface area contributed by atoms with Gasteiger partial charge in [0.25, 0.3) is 5.91 Å². The van der Waals surface area contributed by atoms with Gasteiger partial charge >= 0.3 is 12.3 Å². The third-order valence-electron chi connectivity index (χ3n) is 3.48. The van der Waals surface area contributed by atoms with E-state index in [0.29, 0.717) is 12.0 Å². The highest BCUT2D eigenvalue weighted by Gasteiger charge is 2.31. The van der Waals surface area contributed by atoms with Crippen LogP contribution in [0.3, 0.4) is 0 Å². The van der Waals surface area contributed by atoms with E-state index >= 15 is 0 Å². The molecule has 0 atom stereocenters. The lowest BCUT2D eigenvalue weighted by atomic mass is 10.1. The number of aryl methyl sites for hydroxylation is 1. The van der Waals surface area contributed by atoms with Crippen LogP contribution in [-0.2, 0) is 17.8 Å². The second-order valence-electron chi connectivity index (χ2n) is 5.43. The largest absolute Gasteiger partial charge is 0.573 e. The Morgan fingerprint density at radius 2 is 1.69 bits per heavy atom. The van der Waals surface area contributed by atoms with E-state index in [4.69, 9.17) is 5.11 Å². The molecule has 26 heavy (non-hydrogen) atoms. The minimum Gasteiger partial charge on any atom is -0.481 e. The Kier molecular flexibility index (Phi) is 6.21. The molecule has 0 aliphatic rings. The standard InChI is InChI=1S/C18H16F3NO4/c19-18(20,21)26-15-4-2-1-3-14(15)11-22-17(25)13-8-5-12(6-9-13)7-10-16(23)24/h1-6,8-9H,7,10-11H2,(H,22,25)(H,23,24). The number of benzene rings is 2. The van der Waals surface area contributed by atoms with Crippen molar-refractivity contribution in [1.29, 1.82) is 0 Å². The molecule has 138 valence electrons. The molecule has 0 bridgehead atoms. The number of carboxylic acid groups (broad SMARTS) is 1. The van der Waals surface area contributed by atoms with Crippen molar-refractivity contribution >= 4 is 11.9 Å². The number of carbonyl (C=O) groups excluding carboxylic acids is 1. The Morgan fingerprint density at radius 1 is 1.04 bits per heavy atom. The lowest BCUT2D eigenvalue weighted by Crippen LogP contribution is -2.24. The van der Waals surface area contributed by atoms with Gasteiger partial charge in [-0.3, -0.25) is 9.59 Å². The summed E-state index contributed by atoms with van der Waals surface area (Å²) >= 11 is 0. The number of ether oxygens (including phenoxy) is 1. The van der Waals surface area contributed by atoms with Gasteiger partial charge < -0.3 is 15.2 Å². The normalized spacial score (nSPS) is 11.0. The van der Waals surface area contributed by atoms with E-state index in [1.54, 1.807) is 18.2 Å². The number of aliphatic carboxylic acids is 1. The highest BCUT2D eigenvalue weighted by Crippen LogP contribution is 2.26. The molecule has 2 aromatic rings. The summed E-state index contributed by atoms with van der Waals surface area (Å²) in [5.41, 5.74) is 1.28. The van der Waals surface area contributed by atoms with Crippen LogP contribution in [0.4, 0.5) is 13.2 Å². The zero-order valence-corrected chi connectivity index (χ0v) is 13.5. The molecular formula is C18H16F3NO4. The highest BCUT2D eigenvalue weighted by atomic mass is 19.4. The molecule has 0 heterocycles. The molecule has 0 saturated heterocycles. The third-order valence-corrected chi connectivity index (χ3v) is 3.48. The van der Waals surface area contributed by atoms with Crippen molar-refractivity contribution in [2.24, 2.45) is 0 Å². The summed E-state index contributed by atoms with van der Waals surface area (Å²) in [6.45, 7) is -0.133. The van der Waals surface area contributed by atoms with Crippen LogP contribution in [0.5, 0.6) is 5.75 Å². The molecule has 0 aliphatic heterocycles. The Labute approximate surface area is 147 Å². The third kappa shape index (κ3) is 6.12. The number of nitrogens with one attached hydrogen (secondary N) is 1. The van der Waals surface area contributed by atoms with Crippen LogP contribution in [0.2, 0.25) is 0 Å². The molecule has 2 aromatic carbocycles. The van der Waals surface area contributed by atoms with E-state index in [0.717, 1.165) is 5.56 Å². The van der Waals surface area contributed by atoms with E-state index in [9.17, 15) is 22.8 Å². The van der Waals surface area contributed by atoms with Gasteiger partial charge in [-0.1, -0.05) is 30.3 Å². The fraction of sp³-hybridized carbons (Fsp3) is 0.222. The second kappa shape index (κ2) is 8.37. The van der Waals surface area contributed by atoms with Gasteiger partial charge in [0, 0.05) is 24.1 Å². The summed E-state index contributed by atoms with van der Waals surface area (Å²) in [6.07, 6.45) is -4.48. The van der Waals surface area contributed by atoms with Crippen LogP contribution < -0.4 is 10.1 Å². The number of hydrogen-bond acceptors (Lipinski definition) is 3. The summed E-state index contributed by atoms with van der Waals surface area (Å²) in [6, 6.07) is 11.9. The lowest BCUT2D eigenvalue weighted by molar-refractivity contribution is -0.274. The summed E-state index contributed by atoms with van der Waals surface area (Å²) < 4.78 is 41.1. The molecule has 0 aromatic heterocycles. The van der Waals surface area contributed by atoms with Crippen LogP contribution in [-0.4, -0.2) is 23.3 Å². The number of carbonyl (C=O) groups is 2. The van der Waals surface area contributed by atoms with Gasteiger partial charge in [0.05, 0.1) is 0 Å². The number of amides is 1. The zero-order chi connectivity index (χ0) is 19.2. The van der Waals surface area contributed by atoms with E-state index < -0.39 is 18.2 Å². The van der Waals surface area contributed by atoms with Crippen molar-refractivity contribution in [3.05, 3.63) is 65.2 Å². The summed E-state index contributed by atoms with van der Waals surface area (Å²) in [5, 5.41) is 11.2. The van der Waals surface area contributed by atoms with E-state index in [2.05, 4.69) is 10.1 Å². The Balaban J connectivity index is 1.97. The maximum absolute atomic E-state index is 12.4. The average molecular weight is 367 g/mol. The fourth-order valence-corrected chi connectivity index (χ4v) is 2.23. The van der Waals surface area contributed by atoms with Crippen molar-refractivity contribution in [3.63, 3.8) is 0 Å². The molecule has 2 N–H and O–H groups in total. The number of alkyl halides is 3. The number of rotatable bonds is 7. The van der Waals surface area contributed by atoms with Crippen molar-refractivity contribution in [2.45, 2.75) is 25.7 Å². The highest BCUT2D eigenvalue weighted by molar-refractivity contribution is 5.94. The van der Waals surface area contributed by atoms with E-state index in [-0.39, 0.29) is 24.3 Å². The van der Waals surface area contributed by atoms with Crippen molar-refractivity contribution in [2.75, 3.05) is 0 Å². The monoisotopic (exact) mass is 367 g/mol. The Hall–Kier alpha value is -3.03. The van der Waals surface area contributed by atoms with Crippen LogP contribution in [0.25, 0.3) is 0 Å². The van der Waals surface area contributed by atoms with Gasteiger partial charge in [-0.2, -0.15) is 0 Å². The molecule has 0 unspecified atom stereocenters. The molecule has 1 amide bonds. The topological polar surface area (TPSA) is 75.6 Å². The summed E-state index contributed by atoms with van der Waals surface area (Å²) in [4.78, 5) is 22.7. The van der Waals surface area contributed by atoms with Crippen LogP contribution in [0.15, 0.2) is 48.5 Å². The second-order valence-corrected chi connectivity index (χ2v) is 5.43. The SMILES string of the molecule is O=C(O)CCc1ccc(C(=O)NCc2ccccc2OC(F)(F)F)cc1. The molecule has 0 saturated carbocycles. The lowest BCUT2D eigenvalue weighted by Gasteiger charge is -2.13. The number of carboxylic acids is 1. The molecular weight excluding hydrogens is 351 g/mol. The molecule has 8 heteroatoms. The van der Waals surface area contributed by atoms with E-state index in [1.807, 2.05) is 0 Å². The molecule has 5 nitrogen and oxygen atoms in total. The van der Waals surface area contributed by atoms with Crippen LogP contribution in [0, 0.1) is 0 Å². The van der Waals surface area contributed by atoms with Gasteiger partial charge in [-0.25, -0.2) is 0 Å². The zero-order valence-electron chi connectivity index (χ0n) is 13.5. The number of para-hydroxylation sites is 1. The first-order valence-electron chi connectivity index (χ1n) is 7.67. The molecule has 0 spiro atoms. The van der Waals surface area contributed by atoms with Crippen LogP contribution >= 0.6 is 0 Å². The van der Waals surface area contributed by atoms with E-state index in [1.165, 1.54) is 30.3 Å².